The van der Waals surface area contributed by atoms with E-state index in [4.69, 9.17) is 0 Å². The molecule has 1 saturated heterocycles. The van der Waals surface area contributed by atoms with Crippen LogP contribution in [0.3, 0.4) is 0 Å². The normalized spacial score (nSPS) is 15.0. The Balaban J connectivity index is 1.41. The zero-order valence-corrected chi connectivity index (χ0v) is 16.4. The number of aromatic amines is 2. The molecule has 10 nitrogen and oxygen atoms in total. The lowest BCUT2D eigenvalue weighted by Gasteiger charge is -2.35. The van der Waals surface area contributed by atoms with Crippen LogP contribution in [0.2, 0.25) is 0 Å². The quantitative estimate of drug-likeness (QED) is 0.553. The standard InChI is InChI=1S/C19H23N7O3/c1-20-17(27)15-4-3-13(10-21-15)26-7-5-25(6-8-26)11-12-9-14-16(22-12)23-19(29)24(2)18(14)28/h3-4,9-10,22H,5-8,11H2,1-2H3,(H,20,27)(H,23,29). The molecule has 0 saturated carbocycles. The molecule has 1 aliphatic rings. The molecule has 0 radical (unpaired) electrons. The smallest absolute Gasteiger partial charge is 0.329 e. The lowest BCUT2D eigenvalue weighted by molar-refractivity contribution is 0.0958. The number of aromatic nitrogens is 4. The molecule has 0 bridgehead atoms. The summed E-state index contributed by atoms with van der Waals surface area (Å²) in [6, 6.07) is 5.45. The number of H-pyrrole nitrogens is 2. The highest BCUT2D eigenvalue weighted by Crippen LogP contribution is 2.17. The fourth-order valence-electron chi connectivity index (χ4n) is 3.57. The summed E-state index contributed by atoms with van der Waals surface area (Å²) in [5, 5.41) is 3.05. The average molecular weight is 397 g/mol. The molecule has 3 N–H and O–H groups in total. The first kappa shape index (κ1) is 18.9. The molecule has 1 amide bonds. The van der Waals surface area contributed by atoms with Gasteiger partial charge < -0.3 is 15.2 Å². The van der Waals surface area contributed by atoms with Gasteiger partial charge >= 0.3 is 5.69 Å². The third kappa shape index (κ3) is 3.66. The second kappa shape index (κ2) is 7.55. The first-order chi connectivity index (χ1) is 14.0. The van der Waals surface area contributed by atoms with E-state index >= 15 is 0 Å². The molecule has 0 aromatic carbocycles. The van der Waals surface area contributed by atoms with Crippen LogP contribution in [-0.4, -0.2) is 63.6 Å². The number of fused-ring (bicyclic) bond motifs is 1. The van der Waals surface area contributed by atoms with Gasteiger partial charge in [0.1, 0.15) is 11.3 Å². The highest BCUT2D eigenvalue weighted by molar-refractivity contribution is 5.92. The molecule has 3 aromatic rings. The average Bonchev–Trinajstić information content (AvgIpc) is 3.14. The van der Waals surface area contributed by atoms with Gasteiger partial charge in [-0.1, -0.05) is 0 Å². The summed E-state index contributed by atoms with van der Waals surface area (Å²) in [6.07, 6.45) is 1.73. The van der Waals surface area contributed by atoms with E-state index in [1.165, 1.54) is 7.05 Å². The van der Waals surface area contributed by atoms with Gasteiger partial charge in [-0.3, -0.25) is 24.0 Å². The Morgan fingerprint density at radius 3 is 2.59 bits per heavy atom. The van der Waals surface area contributed by atoms with Crippen molar-refractivity contribution < 1.29 is 4.79 Å². The molecule has 4 heterocycles. The first-order valence-corrected chi connectivity index (χ1v) is 9.42. The van der Waals surface area contributed by atoms with Crippen molar-refractivity contribution in [1.29, 1.82) is 0 Å². The van der Waals surface area contributed by atoms with Crippen molar-refractivity contribution in [2.24, 2.45) is 7.05 Å². The van der Waals surface area contributed by atoms with E-state index in [0.29, 0.717) is 23.3 Å². The SMILES string of the molecule is CNC(=O)c1ccc(N2CCN(Cc3cc4c(=O)n(C)c(=O)[nH]c4[nH]3)CC2)cn1. The Kier molecular flexibility index (Phi) is 4.93. The second-order valence-corrected chi connectivity index (χ2v) is 7.12. The maximum Gasteiger partial charge on any atom is 0.329 e. The lowest BCUT2D eigenvalue weighted by Crippen LogP contribution is -2.46. The van der Waals surface area contributed by atoms with Crippen molar-refractivity contribution in [1.82, 2.24) is 29.7 Å². The van der Waals surface area contributed by atoms with Crippen LogP contribution in [0, 0.1) is 0 Å². The van der Waals surface area contributed by atoms with Crippen LogP contribution in [0.1, 0.15) is 16.2 Å². The number of nitrogens with one attached hydrogen (secondary N) is 3. The Labute approximate surface area is 166 Å². The number of carbonyl (C=O) groups excluding carboxylic acids is 1. The number of carbonyl (C=O) groups is 1. The van der Waals surface area contributed by atoms with Crippen LogP contribution in [0.15, 0.2) is 34.0 Å². The molecular weight excluding hydrogens is 374 g/mol. The Hall–Kier alpha value is -3.40. The monoisotopic (exact) mass is 397 g/mol. The minimum atomic E-state index is -0.430. The highest BCUT2D eigenvalue weighted by atomic mass is 16.2. The second-order valence-electron chi connectivity index (χ2n) is 7.12. The Morgan fingerprint density at radius 2 is 1.93 bits per heavy atom. The van der Waals surface area contributed by atoms with Gasteiger partial charge in [0.2, 0.25) is 0 Å². The number of piperazine rings is 1. The van der Waals surface area contributed by atoms with Crippen LogP contribution >= 0.6 is 0 Å². The summed E-state index contributed by atoms with van der Waals surface area (Å²) >= 11 is 0. The van der Waals surface area contributed by atoms with Crippen molar-refractivity contribution in [2.45, 2.75) is 6.54 Å². The van der Waals surface area contributed by atoms with E-state index in [0.717, 1.165) is 42.1 Å². The number of anilines is 1. The Morgan fingerprint density at radius 1 is 1.17 bits per heavy atom. The molecule has 29 heavy (non-hydrogen) atoms. The van der Waals surface area contributed by atoms with Crippen LogP contribution < -0.4 is 21.5 Å². The Bertz CT molecular complexity index is 1150. The van der Waals surface area contributed by atoms with Gasteiger partial charge in [0.25, 0.3) is 11.5 Å². The maximum atomic E-state index is 12.2. The van der Waals surface area contributed by atoms with Gasteiger partial charge in [0, 0.05) is 52.5 Å². The zero-order valence-electron chi connectivity index (χ0n) is 16.4. The number of hydrogen-bond donors (Lipinski definition) is 3. The summed E-state index contributed by atoms with van der Waals surface area (Å²) in [5.74, 6) is -0.198. The van der Waals surface area contributed by atoms with E-state index in [-0.39, 0.29) is 11.5 Å². The summed E-state index contributed by atoms with van der Waals surface area (Å²) < 4.78 is 1.07. The molecule has 152 valence electrons. The molecule has 1 fully saturated rings. The molecule has 0 unspecified atom stereocenters. The third-order valence-electron chi connectivity index (χ3n) is 5.28. The summed E-state index contributed by atoms with van der Waals surface area (Å²) in [7, 11) is 3.04. The topological polar surface area (TPSA) is 119 Å². The number of amides is 1. The molecule has 3 aromatic heterocycles. The van der Waals surface area contributed by atoms with Crippen molar-refractivity contribution >= 4 is 22.6 Å². The summed E-state index contributed by atoms with van der Waals surface area (Å²) in [5.41, 5.74) is 2.02. The van der Waals surface area contributed by atoms with Crippen molar-refractivity contribution in [3.05, 3.63) is 56.6 Å². The predicted octanol–water partition coefficient (Wildman–Crippen LogP) is -0.368. The number of nitrogens with zero attached hydrogens (tertiary/aromatic N) is 4. The fraction of sp³-hybridized carbons (Fsp3) is 0.368. The van der Waals surface area contributed by atoms with E-state index in [1.807, 2.05) is 6.07 Å². The van der Waals surface area contributed by atoms with E-state index in [9.17, 15) is 14.4 Å². The predicted molar refractivity (Wildman–Crippen MR) is 109 cm³/mol. The third-order valence-corrected chi connectivity index (χ3v) is 5.28. The molecule has 0 aliphatic carbocycles. The van der Waals surface area contributed by atoms with E-state index in [1.54, 1.807) is 25.4 Å². The van der Waals surface area contributed by atoms with Gasteiger partial charge in [0.05, 0.1) is 17.3 Å². The first-order valence-electron chi connectivity index (χ1n) is 9.42. The van der Waals surface area contributed by atoms with Gasteiger partial charge in [0.15, 0.2) is 0 Å². The summed E-state index contributed by atoms with van der Waals surface area (Å²) in [4.78, 5) is 50.1. The molecule has 4 rings (SSSR count). The van der Waals surface area contributed by atoms with Crippen molar-refractivity contribution in [3.63, 3.8) is 0 Å². The van der Waals surface area contributed by atoms with Crippen molar-refractivity contribution in [3.8, 4) is 0 Å². The minimum absolute atomic E-state index is 0.198. The lowest BCUT2D eigenvalue weighted by atomic mass is 10.2. The van der Waals surface area contributed by atoms with Crippen LogP contribution in [0.4, 0.5) is 5.69 Å². The van der Waals surface area contributed by atoms with Crippen LogP contribution in [-0.2, 0) is 13.6 Å². The zero-order chi connectivity index (χ0) is 20.5. The maximum absolute atomic E-state index is 12.2. The van der Waals surface area contributed by atoms with Gasteiger partial charge in [-0.2, -0.15) is 0 Å². The van der Waals surface area contributed by atoms with Gasteiger partial charge in [-0.15, -0.1) is 0 Å². The van der Waals surface area contributed by atoms with Gasteiger partial charge in [-0.05, 0) is 18.2 Å². The highest BCUT2D eigenvalue weighted by Gasteiger charge is 2.19. The fourth-order valence-corrected chi connectivity index (χ4v) is 3.57. The van der Waals surface area contributed by atoms with Crippen molar-refractivity contribution in [2.75, 3.05) is 38.1 Å². The molecule has 1 aliphatic heterocycles. The minimum Gasteiger partial charge on any atom is -0.368 e. The van der Waals surface area contributed by atoms with Crippen LogP contribution in [0.25, 0.3) is 11.0 Å². The summed E-state index contributed by atoms with van der Waals surface area (Å²) in [6.45, 7) is 4.03. The van der Waals surface area contributed by atoms with E-state index < -0.39 is 5.69 Å². The molecular formula is C19H23N7O3. The number of rotatable bonds is 4. The number of hydrogen-bond acceptors (Lipinski definition) is 6. The van der Waals surface area contributed by atoms with E-state index in [2.05, 4.69) is 30.1 Å². The molecule has 0 atom stereocenters. The number of pyridine rings is 1. The molecule has 10 heteroatoms. The largest absolute Gasteiger partial charge is 0.368 e. The van der Waals surface area contributed by atoms with Crippen LogP contribution in [0.5, 0.6) is 0 Å². The van der Waals surface area contributed by atoms with Gasteiger partial charge in [-0.25, -0.2) is 9.78 Å². The molecule has 0 spiro atoms.